The molecule has 1 saturated heterocycles. The van der Waals surface area contributed by atoms with Gasteiger partial charge in [-0.25, -0.2) is 8.42 Å². The Bertz CT molecular complexity index is 383. The van der Waals surface area contributed by atoms with Crippen molar-refractivity contribution < 1.29 is 8.42 Å². The summed E-state index contributed by atoms with van der Waals surface area (Å²) in [5.41, 5.74) is 0. The van der Waals surface area contributed by atoms with Gasteiger partial charge in [-0.1, -0.05) is 13.3 Å². The fourth-order valence-electron chi connectivity index (χ4n) is 3.46. The fourth-order valence-corrected chi connectivity index (χ4v) is 5.08. The van der Waals surface area contributed by atoms with Gasteiger partial charge in [0, 0.05) is 25.2 Å². The molecule has 2 aliphatic rings. The summed E-state index contributed by atoms with van der Waals surface area (Å²) in [7, 11) is -2.78. The smallest absolute Gasteiger partial charge is 0.153 e. The summed E-state index contributed by atoms with van der Waals surface area (Å²) < 4.78 is 23.2. The standard InChI is InChI=1S/C14H28N2O2S/c1-3-7-15-14-6-4-5-13(14)10-16-8-9-19(17,18)11-12(16)2/h12-15H,3-11H2,1-2H3. The molecule has 0 bridgehead atoms. The molecule has 1 aliphatic carbocycles. The summed E-state index contributed by atoms with van der Waals surface area (Å²) in [5, 5.41) is 3.66. The van der Waals surface area contributed by atoms with E-state index in [4.69, 9.17) is 0 Å². The molecule has 0 aromatic rings. The van der Waals surface area contributed by atoms with Crippen molar-refractivity contribution >= 4 is 9.84 Å². The zero-order chi connectivity index (χ0) is 13.9. The molecule has 3 unspecified atom stereocenters. The lowest BCUT2D eigenvalue weighted by Gasteiger charge is -2.36. The van der Waals surface area contributed by atoms with E-state index in [1.165, 1.54) is 25.7 Å². The molecule has 2 fully saturated rings. The van der Waals surface area contributed by atoms with Crippen LogP contribution >= 0.6 is 0 Å². The molecule has 112 valence electrons. The van der Waals surface area contributed by atoms with Crippen LogP contribution in [0.2, 0.25) is 0 Å². The predicted octanol–water partition coefficient (Wildman–Crippen LogP) is 1.27. The highest BCUT2D eigenvalue weighted by molar-refractivity contribution is 7.91. The lowest BCUT2D eigenvalue weighted by molar-refractivity contribution is 0.179. The molecule has 1 heterocycles. The van der Waals surface area contributed by atoms with Crippen molar-refractivity contribution in [1.82, 2.24) is 10.2 Å². The van der Waals surface area contributed by atoms with Crippen LogP contribution in [0.3, 0.4) is 0 Å². The second-order valence-electron chi connectivity index (χ2n) is 6.21. The van der Waals surface area contributed by atoms with Gasteiger partial charge in [0.15, 0.2) is 9.84 Å². The number of nitrogens with one attached hydrogen (secondary N) is 1. The van der Waals surface area contributed by atoms with Gasteiger partial charge in [0.2, 0.25) is 0 Å². The SMILES string of the molecule is CCCNC1CCCC1CN1CCS(=O)(=O)CC1C. The van der Waals surface area contributed by atoms with E-state index in [-0.39, 0.29) is 6.04 Å². The third-order valence-electron chi connectivity index (χ3n) is 4.59. The summed E-state index contributed by atoms with van der Waals surface area (Å²) in [4.78, 5) is 2.39. The van der Waals surface area contributed by atoms with E-state index in [1.54, 1.807) is 0 Å². The molecule has 1 aliphatic heterocycles. The van der Waals surface area contributed by atoms with Crippen molar-refractivity contribution in [2.24, 2.45) is 5.92 Å². The molecule has 3 atom stereocenters. The Kier molecular flexibility index (Phi) is 5.26. The fraction of sp³-hybridized carbons (Fsp3) is 1.00. The zero-order valence-corrected chi connectivity index (χ0v) is 13.1. The average molecular weight is 288 g/mol. The maximum absolute atomic E-state index is 11.6. The Labute approximate surface area is 117 Å². The summed E-state index contributed by atoms with van der Waals surface area (Å²) in [5.74, 6) is 1.39. The predicted molar refractivity (Wildman–Crippen MR) is 79.1 cm³/mol. The van der Waals surface area contributed by atoms with E-state index >= 15 is 0 Å². The minimum absolute atomic E-state index is 0.186. The number of nitrogens with zero attached hydrogens (tertiary/aromatic N) is 1. The van der Waals surface area contributed by atoms with Gasteiger partial charge in [0.1, 0.15) is 0 Å². The maximum Gasteiger partial charge on any atom is 0.153 e. The number of rotatable bonds is 5. The van der Waals surface area contributed by atoms with Crippen molar-refractivity contribution in [2.45, 2.75) is 51.6 Å². The van der Waals surface area contributed by atoms with Crippen LogP contribution in [0.4, 0.5) is 0 Å². The van der Waals surface area contributed by atoms with Crippen molar-refractivity contribution in [3.8, 4) is 0 Å². The third-order valence-corrected chi connectivity index (χ3v) is 6.39. The minimum Gasteiger partial charge on any atom is -0.314 e. The van der Waals surface area contributed by atoms with E-state index in [0.29, 0.717) is 23.5 Å². The van der Waals surface area contributed by atoms with Crippen molar-refractivity contribution in [3.63, 3.8) is 0 Å². The Morgan fingerprint density at radius 3 is 2.79 bits per heavy atom. The highest BCUT2D eigenvalue weighted by atomic mass is 32.2. The molecule has 4 nitrogen and oxygen atoms in total. The summed E-state index contributed by atoms with van der Waals surface area (Å²) in [6, 6.07) is 0.830. The molecule has 0 spiro atoms. The Morgan fingerprint density at radius 2 is 2.11 bits per heavy atom. The first-order valence-corrected chi connectivity index (χ1v) is 9.52. The Balaban J connectivity index is 1.86. The van der Waals surface area contributed by atoms with Crippen LogP contribution in [0.5, 0.6) is 0 Å². The first-order valence-electron chi connectivity index (χ1n) is 7.69. The molecular weight excluding hydrogens is 260 g/mol. The average Bonchev–Trinajstić information content (AvgIpc) is 2.77. The maximum atomic E-state index is 11.6. The highest BCUT2D eigenvalue weighted by Gasteiger charge is 2.33. The van der Waals surface area contributed by atoms with Gasteiger partial charge in [-0.2, -0.15) is 0 Å². The summed E-state index contributed by atoms with van der Waals surface area (Å²) in [6.07, 6.45) is 5.07. The van der Waals surface area contributed by atoms with Crippen molar-refractivity contribution in [1.29, 1.82) is 0 Å². The molecule has 5 heteroatoms. The summed E-state index contributed by atoms with van der Waals surface area (Å²) in [6.45, 7) is 7.15. The van der Waals surface area contributed by atoms with Gasteiger partial charge in [-0.15, -0.1) is 0 Å². The first kappa shape index (κ1) is 15.3. The normalized spacial score (nSPS) is 35.6. The van der Waals surface area contributed by atoms with Crippen molar-refractivity contribution in [2.75, 3.05) is 31.1 Å². The van der Waals surface area contributed by atoms with Gasteiger partial charge in [0.05, 0.1) is 11.5 Å². The van der Waals surface area contributed by atoms with E-state index < -0.39 is 9.84 Å². The van der Waals surface area contributed by atoms with Crippen LogP contribution in [0, 0.1) is 5.92 Å². The topological polar surface area (TPSA) is 49.4 Å². The van der Waals surface area contributed by atoms with Gasteiger partial charge in [-0.05, 0) is 38.6 Å². The first-order chi connectivity index (χ1) is 9.02. The Hall–Kier alpha value is -0.130. The van der Waals surface area contributed by atoms with E-state index in [2.05, 4.69) is 24.1 Å². The van der Waals surface area contributed by atoms with Gasteiger partial charge < -0.3 is 5.32 Å². The van der Waals surface area contributed by atoms with E-state index in [9.17, 15) is 8.42 Å². The molecule has 19 heavy (non-hydrogen) atoms. The zero-order valence-electron chi connectivity index (χ0n) is 12.3. The number of hydrogen-bond donors (Lipinski definition) is 1. The molecule has 0 aromatic carbocycles. The monoisotopic (exact) mass is 288 g/mol. The lowest BCUT2D eigenvalue weighted by Crippen LogP contribution is -2.50. The second kappa shape index (κ2) is 6.55. The quantitative estimate of drug-likeness (QED) is 0.828. The van der Waals surface area contributed by atoms with Gasteiger partial charge >= 0.3 is 0 Å². The van der Waals surface area contributed by atoms with Crippen LogP contribution in [0.1, 0.15) is 39.5 Å². The van der Waals surface area contributed by atoms with Crippen LogP contribution in [-0.2, 0) is 9.84 Å². The van der Waals surface area contributed by atoms with Crippen molar-refractivity contribution in [3.05, 3.63) is 0 Å². The van der Waals surface area contributed by atoms with Gasteiger partial charge in [-0.3, -0.25) is 4.90 Å². The highest BCUT2D eigenvalue weighted by Crippen LogP contribution is 2.28. The van der Waals surface area contributed by atoms with Crippen LogP contribution in [0.25, 0.3) is 0 Å². The van der Waals surface area contributed by atoms with Crippen LogP contribution < -0.4 is 5.32 Å². The van der Waals surface area contributed by atoms with Crippen LogP contribution in [-0.4, -0.2) is 56.5 Å². The molecule has 0 aromatic heterocycles. The van der Waals surface area contributed by atoms with Crippen LogP contribution in [0.15, 0.2) is 0 Å². The molecule has 0 radical (unpaired) electrons. The third kappa shape index (κ3) is 4.17. The second-order valence-corrected chi connectivity index (χ2v) is 8.44. The lowest BCUT2D eigenvalue weighted by atomic mass is 10.0. The minimum atomic E-state index is -2.78. The summed E-state index contributed by atoms with van der Waals surface area (Å²) >= 11 is 0. The Morgan fingerprint density at radius 1 is 1.32 bits per heavy atom. The molecular formula is C14H28N2O2S. The van der Waals surface area contributed by atoms with E-state index in [0.717, 1.165) is 19.6 Å². The van der Waals surface area contributed by atoms with Gasteiger partial charge in [0.25, 0.3) is 0 Å². The largest absolute Gasteiger partial charge is 0.314 e. The number of sulfone groups is 1. The van der Waals surface area contributed by atoms with E-state index in [1.807, 2.05) is 0 Å². The molecule has 1 saturated carbocycles. The molecule has 2 rings (SSSR count). The molecule has 1 N–H and O–H groups in total. The number of hydrogen-bond acceptors (Lipinski definition) is 4. The molecule has 0 amide bonds.